The molecule has 84 valence electrons. The molecule has 1 aromatic heterocycles. The fourth-order valence-corrected chi connectivity index (χ4v) is 2.53. The maximum Gasteiger partial charge on any atom is 0.133 e. The highest BCUT2D eigenvalue weighted by Gasteiger charge is 2.18. The Balaban J connectivity index is 2.40. The van der Waals surface area contributed by atoms with Crippen molar-refractivity contribution >= 4 is 27.3 Å². The number of aliphatic hydroxyl groups excluding tert-OH is 1. The van der Waals surface area contributed by atoms with Crippen molar-refractivity contribution in [3.05, 3.63) is 50.1 Å². The van der Waals surface area contributed by atoms with Crippen molar-refractivity contribution in [2.45, 2.75) is 13.0 Å². The summed E-state index contributed by atoms with van der Waals surface area (Å²) in [7, 11) is 0. The fraction of sp³-hybridized carbons (Fsp3) is 0.182. The van der Waals surface area contributed by atoms with E-state index in [-0.39, 0.29) is 5.56 Å². The van der Waals surface area contributed by atoms with Crippen LogP contribution in [0.4, 0.5) is 4.39 Å². The van der Waals surface area contributed by atoms with Crippen molar-refractivity contribution in [1.82, 2.24) is 4.98 Å². The third-order valence-electron chi connectivity index (χ3n) is 2.12. The average molecular weight is 302 g/mol. The molecule has 0 aliphatic heterocycles. The Morgan fingerprint density at radius 1 is 1.50 bits per heavy atom. The Morgan fingerprint density at radius 3 is 2.88 bits per heavy atom. The first-order chi connectivity index (χ1) is 7.58. The number of hydrogen-bond acceptors (Lipinski definition) is 3. The molecule has 0 aliphatic rings. The van der Waals surface area contributed by atoms with Gasteiger partial charge >= 0.3 is 0 Å². The Hall–Kier alpha value is -0.780. The molecular weight excluding hydrogens is 293 g/mol. The molecule has 2 nitrogen and oxygen atoms in total. The SMILES string of the molecule is Cc1csc(C(O)c2cc(Br)ccc2F)n1. The quantitative estimate of drug-likeness (QED) is 0.922. The van der Waals surface area contributed by atoms with Crippen molar-refractivity contribution in [2.75, 3.05) is 0 Å². The number of aryl methyl sites for hydroxylation is 1. The van der Waals surface area contributed by atoms with Gasteiger partial charge in [0, 0.05) is 21.1 Å². The molecule has 1 aromatic carbocycles. The maximum absolute atomic E-state index is 13.5. The van der Waals surface area contributed by atoms with Crippen LogP contribution in [0.1, 0.15) is 22.4 Å². The minimum Gasteiger partial charge on any atom is -0.381 e. The van der Waals surface area contributed by atoms with Crippen LogP contribution in [0.25, 0.3) is 0 Å². The standard InChI is InChI=1S/C11H9BrFNOS/c1-6-5-16-11(14-6)10(15)8-4-7(12)2-3-9(8)13/h2-5,10,15H,1H3. The maximum atomic E-state index is 13.5. The second kappa shape index (κ2) is 4.61. The number of hydrogen-bond donors (Lipinski definition) is 1. The highest BCUT2D eigenvalue weighted by Crippen LogP contribution is 2.28. The molecule has 1 atom stereocenters. The molecule has 1 heterocycles. The lowest BCUT2D eigenvalue weighted by molar-refractivity contribution is 0.214. The van der Waals surface area contributed by atoms with Gasteiger partial charge in [-0.3, -0.25) is 0 Å². The molecule has 2 rings (SSSR count). The van der Waals surface area contributed by atoms with E-state index in [1.54, 1.807) is 12.1 Å². The molecule has 0 fully saturated rings. The summed E-state index contributed by atoms with van der Waals surface area (Å²) < 4.78 is 14.2. The summed E-state index contributed by atoms with van der Waals surface area (Å²) in [6.45, 7) is 1.84. The molecule has 0 bridgehead atoms. The minimum atomic E-state index is -1.00. The van der Waals surface area contributed by atoms with E-state index in [4.69, 9.17) is 0 Å². The monoisotopic (exact) mass is 301 g/mol. The van der Waals surface area contributed by atoms with Crippen molar-refractivity contribution in [1.29, 1.82) is 0 Å². The highest BCUT2D eigenvalue weighted by molar-refractivity contribution is 9.10. The zero-order valence-electron chi connectivity index (χ0n) is 8.45. The number of nitrogens with zero attached hydrogens (tertiary/aromatic N) is 1. The van der Waals surface area contributed by atoms with Crippen molar-refractivity contribution in [3.8, 4) is 0 Å². The second-order valence-corrected chi connectivity index (χ2v) is 5.20. The van der Waals surface area contributed by atoms with E-state index in [1.165, 1.54) is 17.4 Å². The summed E-state index contributed by atoms with van der Waals surface area (Å²) in [6.07, 6.45) is -1.00. The topological polar surface area (TPSA) is 33.1 Å². The zero-order valence-corrected chi connectivity index (χ0v) is 10.8. The number of halogens is 2. The molecule has 0 spiro atoms. The number of rotatable bonds is 2. The predicted molar refractivity (Wildman–Crippen MR) is 65.0 cm³/mol. The molecule has 16 heavy (non-hydrogen) atoms. The second-order valence-electron chi connectivity index (χ2n) is 3.40. The lowest BCUT2D eigenvalue weighted by Crippen LogP contribution is -2.02. The van der Waals surface area contributed by atoms with Crippen LogP contribution in [0.3, 0.4) is 0 Å². The van der Waals surface area contributed by atoms with Gasteiger partial charge in [-0.2, -0.15) is 0 Å². The lowest BCUT2D eigenvalue weighted by atomic mass is 10.1. The molecule has 0 aliphatic carbocycles. The Morgan fingerprint density at radius 2 is 2.25 bits per heavy atom. The van der Waals surface area contributed by atoms with E-state index in [0.717, 1.165) is 10.2 Å². The molecule has 0 radical (unpaired) electrons. The van der Waals surface area contributed by atoms with Crippen molar-refractivity contribution < 1.29 is 9.50 Å². The van der Waals surface area contributed by atoms with Gasteiger partial charge in [0.15, 0.2) is 0 Å². The Bertz CT molecular complexity index is 514. The van der Waals surface area contributed by atoms with E-state index < -0.39 is 11.9 Å². The predicted octanol–water partition coefficient (Wildman–Crippen LogP) is 3.43. The summed E-state index contributed by atoms with van der Waals surface area (Å²) in [4.78, 5) is 4.14. The lowest BCUT2D eigenvalue weighted by Gasteiger charge is -2.09. The third-order valence-corrected chi connectivity index (χ3v) is 3.63. The van der Waals surface area contributed by atoms with Gasteiger partial charge in [-0.15, -0.1) is 11.3 Å². The first kappa shape index (κ1) is 11.7. The number of thiazole rings is 1. The van der Waals surface area contributed by atoms with E-state index in [0.29, 0.717) is 5.01 Å². The molecule has 2 aromatic rings. The van der Waals surface area contributed by atoms with Gasteiger partial charge in [-0.25, -0.2) is 9.37 Å². The summed E-state index contributed by atoms with van der Waals surface area (Å²) in [5.41, 5.74) is 1.07. The van der Waals surface area contributed by atoms with Crippen LogP contribution in [0.2, 0.25) is 0 Å². The summed E-state index contributed by atoms with van der Waals surface area (Å²) in [6, 6.07) is 4.48. The molecule has 0 amide bonds. The van der Waals surface area contributed by atoms with Gasteiger partial charge in [0.2, 0.25) is 0 Å². The van der Waals surface area contributed by atoms with Gasteiger partial charge in [0.05, 0.1) is 0 Å². The van der Waals surface area contributed by atoms with Crippen LogP contribution in [0.5, 0.6) is 0 Å². The largest absolute Gasteiger partial charge is 0.381 e. The first-order valence-electron chi connectivity index (χ1n) is 4.63. The molecule has 1 unspecified atom stereocenters. The summed E-state index contributed by atoms with van der Waals surface area (Å²) in [5.74, 6) is -0.427. The first-order valence-corrected chi connectivity index (χ1v) is 6.30. The van der Waals surface area contributed by atoms with Crippen molar-refractivity contribution in [2.24, 2.45) is 0 Å². The number of benzene rings is 1. The summed E-state index contributed by atoms with van der Waals surface area (Å²) >= 11 is 4.57. The number of aliphatic hydroxyl groups is 1. The molecule has 1 N–H and O–H groups in total. The van der Waals surface area contributed by atoms with Gasteiger partial charge in [0.25, 0.3) is 0 Å². The Kier molecular flexibility index (Phi) is 3.37. The molecule has 0 saturated carbocycles. The van der Waals surface area contributed by atoms with Gasteiger partial charge in [-0.1, -0.05) is 15.9 Å². The smallest absolute Gasteiger partial charge is 0.133 e. The molecule has 0 saturated heterocycles. The highest BCUT2D eigenvalue weighted by atomic mass is 79.9. The Labute approximate surface area is 105 Å². The van der Waals surface area contributed by atoms with Crippen LogP contribution < -0.4 is 0 Å². The van der Waals surface area contributed by atoms with E-state index in [9.17, 15) is 9.50 Å². The van der Waals surface area contributed by atoms with Gasteiger partial charge in [0.1, 0.15) is 16.9 Å². The van der Waals surface area contributed by atoms with E-state index in [2.05, 4.69) is 20.9 Å². The normalized spacial score (nSPS) is 12.8. The fourth-order valence-electron chi connectivity index (χ4n) is 1.35. The van der Waals surface area contributed by atoms with Gasteiger partial charge < -0.3 is 5.11 Å². The minimum absolute atomic E-state index is 0.240. The van der Waals surface area contributed by atoms with Crippen LogP contribution in [-0.4, -0.2) is 10.1 Å². The average Bonchev–Trinajstić information content (AvgIpc) is 2.67. The number of aromatic nitrogens is 1. The van der Waals surface area contributed by atoms with Crippen LogP contribution in [-0.2, 0) is 0 Å². The molecular formula is C11H9BrFNOS. The van der Waals surface area contributed by atoms with E-state index in [1.807, 2.05) is 12.3 Å². The van der Waals surface area contributed by atoms with Crippen LogP contribution >= 0.6 is 27.3 Å². The van der Waals surface area contributed by atoms with E-state index >= 15 is 0 Å². The van der Waals surface area contributed by atoms with Crippen LogP contribution in [0.15, 0.2) is 28.1 Å². The summed E-state index contributed by atoms with van der Waals surface area (Å²) in [5, 5.41) is 12.3. The van der Waals surface area contributed by atoms with Crippen LogP contribution in [0, 0.1) is 12.7 Å². The molecule has 5 heteroatoms. The van der Waals surface area contributed by atoms with Crippen molar-refractivity contribution in [3.63, 3.8) is 0 Å². The third kappa shape index (κ3) is 2.31. The zero-order chi connectivity index (χ0) is 11.7. The van der Waals surface area contributed by atoms with Gasteiger partial charge in [-0.05, 0) is 25.1 Å².